The predicted molar refractivity (Wildman–Crippen MR) is 97.7 cm³/mol. The number of aromatic hydroxyl groups is 2. The maximum atomic E-state index is 12.5. The molecule has 0 bridgehead atoms. The Balaban J connectivity index is 1.86. The SMILES string of the molecule is CC(CCC(=O)N1CCCC1)(c1ccc(O)cc1)c1ccc(O)cc1. The molecule has 1 heterocycles. The van der Waals surface area contributed by atoms with Crippen molar-refractivity contribution in [2.45, 2.75) is 38.0 Å². The first-order valence-electron chi connectivity index (χ1n) is 8.86. The molecule has 0 atom stereocenters. The zero-order valence-corrected chi connectivity index (χ0v) is 14.6. The predicted octanol–water partition coefficient (Wildman–Crippen LogP) is 3.81. The highest BCUT2D eigenvalue weighted by molar-refractivity contribution is 5.76. The third-order valence-corrected chi connectivity index (χ3v) is 5.31. The number of phenols is 2. The quantitative estimate of drug-likeness (QED) is 0.871. The summed E-state index contributed by atoms with van der Waals surface area (Å²) < 4.78 is 0. The highest BCUT2D eigenvalue weighted by atomic mass is 16.3. The minimum absolute atomic E-state index is 0.210. The lowest BCUT2D eigenvalue weighted by molar-refractivity contribution is -0.130. The number of hydrogen-bond acceptors (Lipinski definition) is 3. The van der Waals surface area contributed by atoms with Crippen LogP contribution in [0.1, 0.15) is 43.7 Å². The molecule has 2 N–H and O–H groups in total. The lowest BCUT2D eigenvalue weighted by Gasteiger charge is -2.32. The molecule has 1 fully saturated rings. The van der Waals surface area contributed by atoms with Crippen LogP contribution >= 0.6 is 0 Å². The fourth-order valence-corrected chi connectivity index (χ4v) is 3.60. The Bertz CT molecular complexity index is 670. The smallest absolute Gasteiger partial charge is 0.222 e. The number of benzene rings is 2. The van der Waals surface area contributed by atoms with E-state index >= 15 is 0 Å². The zero-order chi connectivity index (χ0) is 17.9. The minimum atomic E-state index is -0.364. The highest BCUT2D eigenvalue weighted by Gasteiger charge is 2.31. The Hall–Kier alpha value is -2.49. The van der Waals surface area contributed by atoms with Crippen LogP contribution in [0.15, 0.2) is 48.5 Å². The van der Waals surface area contributed by atoms with Gasteiger partial charge < -0.3 is 15.1 Å². The molecule has 0 aliphatic carbocycles. The average Bonchev–Trinajstić information content (AvgIpc) is 3.15. The van der Waals surface area contributed by atoms with Crippen molar-refractivity contribution in [3.8, 4) is 11.5 Å². The van der Waals surface area contributed by atoms with Crippen LogP contribution in [-0.2, 0) is 10.2 Å². The Labute approximate surface area is 148 Å². The molecule has 2 aromatic rings. The van der Waals surface area contributed by atoms with E-state index in [2.05, 4.69) is 6.92 Å². The number of amides is 1. The number of rotatable bonds is 5. The molecule has 3 rings (SSSR count). The van der Waals surface area contributed by atoms with Crippen molar-refractivity contribution in [3.05, 3.63) is 59.7 Å². The summed E-state index contributed by atoms with van der Waals surface area (Å²) in [5, 5.41) is 19.2. The summed E-state index contributed by atoms with van der Waals surface area (Å²) in [6.45, 7) is 3.85. The number of carbonyl (C=O) groups excluding carboxylic acids is 1. The summed E-state index contributed by atoms with van der Waals surface area (Å²) in [5.74, 6) is 0.663. The number of carbonyl (C=O) groups is 1. The van der Waals surface area contributed by atoms with E-state index in [1.165, 1.54) is 0 Å². The summed E-state index contributed by atoms with van der Waals surface area (Å²) in [6.07, 6.45) is 3.36. The Kier molecular flexibility index (Phi) is 4.98. The van der Waals surface area contributed by atoms with Crippen molar-refractivity contribution >= 4 is 5.91 Å². The number of hydrogen-bond donors (Lipinski definition) is 2. The van der Waals surface area contributed by atoms with Gasteiger partial charge in [0.15, 0.2) is 0 Å². The Morgan fingerprint density at radius 2 is 1.36 bits per heavy atom. The second-order valence-corrected chi connectivity index (χ2v) is 7.01. The molecular formula is C21H25NO3. The number of nitrogens with zero attached hydrogens (tertiary/aromatic N) is 1. The summed E-state index contributed by atoms with van der Waals surface area (Å²) >= 11 is 0. The molecule has 0 radical (unpaired) electrons. The van der Waals surface area contributed by atoms with Gasteiger partial charge in [-0.2, -0.15) is 0 Å². The molecule has 2 aromatic carbocycles. The maximum absolute atomic E-state index is 12.5. The van der Waals surface area contributed by atoms with Crippen molar-refractivity contribution in [1.82, 2.24) is 4.90 Å². The van der Waals surface area contributed by atoms with Gasteiger partial charge in [0.2, 0.25) is 5.91 Å². The van der Waals surface area contributed by atoms with Gasteiger partial charge in [-0.25, -0.2) is 0 Å². The van der Waals surface area contributed by atoms with E-state index in [0.717, 1.165) is 37.1 Å². The molecule has 0 unspecified atom stereocenters. The normalized spacial score (nSPS) is 14.7. The number of phenolic OH excluding ortho intramolecular Hbond substituents is 2. The van der Waals surface area contributed by atoms with E-state index in [1.807, 2.05) is 29.2 Å². The first kappa shape index (κ1) is 17.3. The second-order valence-electron chi connectivity index (χ2n) is 7.01. The fraction of sp³-hybridized carbons (Fsp3) is 0.381. The molecule has 1 amide bonds. The van der Waals surface area contributed by atoms with Crippen LogP contribution in [0.3, 0.4) is 0 Å². The van der Waals surface area contributed by atoms with Crippen LogP contribution in [0.25, 0.3) is 0 Å². The molecule has 1 saturated heterocycles. The standard InChI is InChI=1S/C21H25NO3/c1-21(16-4-8-18(23)9-5-16,17-6-10-19(24)11-7-17)13-12-20(25)22-14-2-3-15-22/h4-11,23-24H,2-3,12-15H2,1H3. The molecule has 4 heteroatoms. The van der Waals surface area contributed by atoms with Crippen LogP contribution in [0, 0.1) is 0 Å². The molecule has 0 saturated carbocycles. The van der Waals surface area contributed by atoms with E-state index in [1.54, 1.807) is 24.3 Å². The first-order chi connectivity index (χ1) is 12.0. The van der Waals surface area contributed by atoms with Gasteiger partial charge in [0.25, 0.3) is 0 Å². The molecule has 1 aliphatic heterocycles. The summed E-state index contributed by atoms with van der Waals surface area (Å²) in [6, 6.07) is 14.3. The minimum Gasteiger partial charge on any atom is -0.508 e. The first-order valence-corrected chi connectivity index (χ1v) is 8.86. The summed E-state index contributed by atoms with van der Waals surface area (Å²) in [4.78, 5) is 14.5. The summed E-state index contributed by atoms with van der Waals surface area (Å²) in [7, 11) is 0. The lowest BCUT2D eigenvalue weighted by atomic mass is 9.73. The van der Waals surface area contributed by atoms with E-state index in [4.69, 9.17) is 0 Å². The van der Waals surface area contributed by atoms with Crippen LogP contribution in [-0.4, -0.2) is 34.1 Å². The van der Waals surface area contributed by atoms with Crippen molar-refractivity contribution in [3.63, 3.8) is 0 Å². The molecule has 0 spiro atoms. The van der Waals surface area contributed by atoms with Gasteiger partial charge in [0.1, 0.15) is 11.5 Å². The highest BCUT2D eigenvalue weighted by Crippen LogP contribution is 2.38. The van der Waals surface area contributed by atoms with E-state index < -0.39 is 0 Å². The topological polar surface area (TPSA) is 60.8 Å². The van der Waals surface area contributed by atoms with Crippen molar-refractivity contribution < 1.29 is 15.0 Å². The van der Waals surface area contributed by atoms with Gasteiger partial charge in [-0.1, -0.05) is 31.2 Å². The van der Waals surface area contributed by atoms with Crippen molar-refractivity contribution in [1.29, 1.82) is 0 Å². The van der Waals surface area contributed by atoms with Crippen LogP contribution in [0.5, 0.6) is 11.5 Å². The Morgan fingerprint density at radius 1 is 0.920 bits per heavy atom. The number of likely N-dealkylation sites (tertiary alicyclic amines) is 1. The lowest BCUT2D eigenvalue weighted by Crippen LogP contribution is -2.31. The summed E-state index contributed by atoms with van der Waals surface area (Å²) in [5.41, 5.74) is 1.73. The third kappa shape index (κ3) is 3.78. The average molecular weight is 339 g/mol. The maximum Gasteiger partial charge on any atom is 0.222 e. The van der Waals surface area contributed by atoms with E-state index in [9.17, 15) is 15.0 Å². The van der Waals surface area contributed by atoms with E-state index in [0.29, 0.717) is 12.8 Å². The van der Waals surface area contributed by atoms with Crippen LogP contribution < -0.4 is 0 Å². The largest absolute Gasteiger partial charge is 0.508 e. The molecular weight excluding hydrogens is 314 g/mol. The van der Waals surface area contributed by atoms with Gasteiger partial charge in [0.05, 0.1) is 0 Å². The fourth-order valence-electron chi connectivity index (χ4n) is 3.60. The van der Waals surface area contributed by atoms with Gasteiger partial charge >= 0.3 is 0 Å². The van der Waals surface area contributed by atoms with Gasteiger partial charge in [-0.05, 0) is 54.7 Å². The Morgan fingerprint density at radius 3 is 1.80 bits per heavy atom. The molecule has 4 nitrogen and oxygen atoms in total. The molecule has 132 valence electrons. The van der Waals surface area contributed by atoms with Gasteiger partial charge in [0, 0.05) is 24.9 Å². The van der Waals surface area contributed by atoms with Gasteiger partial charge in [-0.15, -0.1) is 0 Å². The monoisotopic (exact) mass is 339 g/mol. The molecule has 0 aromatic heterocycles. The van der Waals surface area contributed by atoms with Crippen LogP contribution in [0.4, 0.5) is 0 Å². The van der Waals surface area contributed by atoms with E-state index in [-0.39, 0.29) is 22.8 Å². The van der Waals surface area contributed by atoms with Crippen molar-refractivity contribution in [2.24, 2.45) is 0 Å². The molecule has 1 aliphatic rings. The zero-order valence-electron chi connectivity index (χ0n) is 14.6. The third-order valence-electron chi connectivity index (χ3n) is 5.31. The van der Waals surface area contributed by atoms with Crippen LogP contribution in [0.2, 0.25) is 0 Å². The molecule has 25 heavy (non-hydrogen) atoms. The van der Waals surface area contributed by atoms with Gasteiger partial charge in [-0.3, -0.25) is 4.79 Å². The second kappa shape index (κ2) is 7.18. The van der Waals surface area contributed by atoms with Crippen molar-refractivity contribution in [2.75, 3.05) is 13.1 Å².